The molecule has 0 bridgehead atoms. The van der Waals surface area contributed by atoms with Gasteiger partial charge < -0.3 is 0 Å². The zero-order valence-electron chi connectivity index (χ0n) is 40.2. The van der Waals surface area contributed by atoms with Crippen LogP contribution in [0.3, 0.4) is 0 Å². The van der Waals surface area contributed by atoms with Crippen LogP contribution in [0.2, 0.25) is 0 Å². The van der Waals surface area contributed by atoms with E-state index in [1.165, 1.54) is 0 Å². The molecule has 11 aromatic rings. The Morgan fingerprint density at radius 2 is 0.459 bits per heavy atom. The summed E-state index contributed by atoms with van der Waals surface area (Å²) in [5.41, 5.74) is 15.1. The molecule has 2 atom stereocenters. The van der Waals surface area contributed by atoms with Crippen LogP contribution < -0.4 is 29.3 Å². The lowest BCUT2D eigenvalue weighted by atomic mass is 9.91. The minimum Gasteiger partial charge on any atom is -0.270 e. The molecule has 2 unspecified atom stereocenters. The predicted molar refractivity (Wildman–Crippen MR) is 310 cm³/mol. The van der Waals surface area contributed by atoms with Crippen molar-refractivity contribution in [3.63, 3.8) is 0 Å². The van der Waals surface area contributed by atoms with Gasteiger partial charge in [-0.25, -0.2) is 0 Å². The second-order valence-electron chi connectivity index (χ2n) is 18.5. The maximum atomic E-state index is 16.5. The SMILES string of the molecule is O=P1(c2ccccc2)N(c2ccccc2)c2ccc(-c3cc(-c4cccc(-c5ccccc5)c4)cc(-c4ccc5c(c4)N(c4ccccc4)P(=O)(c4ccccc4)N5c4ccccc4)c3)cc2N1c1ccccc1. The van der Waals surface area contributed by atoms with Crippen LogP contribution >= 0.6 is 14.9 Å². The van der Waals surface area contributed by atoms with Gasteiger partial charge in [0, 0.05) is 22.7 Å². The largest absolute Gasteiger partial charge is 0.301 e. The van der Waals surface area contributed by atoms with Crippen molar-refractivity contribution in [2.75, 3.05) is 18.7 Å². The first-order chi connectivity index (χ1) is 36.5. The van der Waals surface area contributed by atoms with Gasteiger partial charge in [-0.2, -0.15) is 0 Å². The van der Waals surface area contributed by atoms with Crippen LogP contribution in [0.15, 0.2) is 291 Å². The minimum atomic E-state index is -3.59. The minimum absolute atomic E-state index is 0.733. The lowest BCUT2D eigenvalue weighted by Gasteiger charge is -2.33. The highest BCUT2D eigenvalue weighted by Crippen LogP contribution is 2.72. The fourth-order valence-corrected chi connectivity index (χ4v) is 16.7. The molecule has 0 N–H and O–H groups in total. The fraction of sp³-hybridized carbons (Fsp3) is 0. The van der Waals surface area contributed by atoms with Gasteiger partial charge in [0.2, 0.25) is 0 Å². The molecule has 0 amide bonds. The van der Waals surface area contributed by atoms with Crippen molar-refractivity contribution in [1.29, 1.82) is 0 Å². The van der Waals surface area contributed by atoms with E-state index in [2.05, 4.69) is 112 Å². The van der Waals surface area contributed by atoms with Crippen molar-refractivity contribution in [1.82, 2.24) is 0 Å². The first-order valence-electron chi connectivity index (χ1n) is 24.8. The van der Waals surface area contributed by atoms with Crippen molar-refractivity contribution in [2.45, 2.75) is 0 Å². The summed E-state index contributed by atoms with van der Waals surface area (Å²) in [7, 11) is -7.19. The maximum absolute atomic E-state index is 16.5. The number of hydrogen-bond acceptors (Lipinski definition) is 2. The quantitative estimate of drug-likeness (QED) is 0.127. The first kappa shape index (κ1) is 45.0. The summed E-state index contributed by atoms with van der Waals surface area (Å²) < 4.78 is 41.2. The van der Waals surface area contributed by atoms with Gasteiger partial charge in [0.1, 0.15) is 0 Å². The monoisotopic (exact) mass is 990 g/mol. The van der Waals surface area contributed by atoms with E-state index in [0.717, 1.165) is 101 Å². The molecule has 354 valence electrons. The van der Waals surface area contributed by atoms with Crippen molar-refractivity contribution >= 4 is 71.0 Å². The molecular weight excluding hydrogens is 943 g/mol. The Labute approximate surface area is 432 Å². The van der Waals surface area contributed by atoms with Crippen LogP contribution in [0.4, 0.5) is 45.5 Å². The van der Waals surface area contributed by atoms with E-state index in [0.29, 0.717) is 0 Å². The summed E-state index contributed by atoms with van der Waals surface area (Å²) in [6, 6.07) is 99.1. The average Bonchev–Trinajstić information content (AvgIpc) is 3.91. The van der Waals surface area contributed by atoms with Gasteiger partial charge in [0.05, 0.1) is 33.4 Å². The molecule has 2 heterocycles. The van der Waals surface area contributed by atoms with E-state index in [1.54, 1.807) is 0 Å². The third-order valence-electron chi connectivity index (χ3n) is 14.0. The third-order valence-corrected chi connectivity index (χ3v) is 19.9. The summed E-state index contributed by atoms with van der Waals surface area (Å²) in [5.74, 6) is 0. The van der Waals surface area contributed by atoms with Crippen LogP contribution in [0.25, 0.3) is 44.5 Å². The molecular formula is C66H48N4O2P2. The molecule has 8 heteroatoms. The summed E-state index contributed by atoms with van der Waals surface area (Å²) in [5, 5.41) is 1.47. The molecule has 0 saturated heterocycles. The highest BCUT2D eigenvalue weighted by molar-refractivity contribution is 7.76. The maximum Gasteiger partial charge on any atom is 0.301 e. The standard InChI is InChI=1S/C66H48N4O2P2/c71-73(61-35-18-6-19-36-61)67(57-27-10-2-11-28-57)63-41-39-52(47-65(63)69(73)59-31-14-4-15-32-59)55-44-54(51-26-22-25-50(43-51)49-23-8-1-9-24-49)45-56(46-55)53-40-42-64-66(48-53)70(60-33-16-5-17-34-60)74(72,62-37-20-7-21-38-62)68(64)58-29-12-3-13-30-58/h1-48H. The zero-order valence-corrected chi connectivity index (χ0v) is 42.0. The number of hydrogen-bond donors (Lipinski definition) is 0. The lowest BCUT2D eigenvalue weighted by Crippen LogP contribution is -2.26. The number of rotatable bonds is 10. The van der Waals surface area contributed by atoms with Crippen molar-refractivity contribution in [2.24, 2.45) is 0 Å². The number of para-hydroxylation sites is 4. The molecule has 11 aromatic carbocycles. The lowest BCUT2D eigenvalue weighted by molar-refractivity contribution is 0.581. The number of fused-ring (bicyclic) bond motifs is 2. The highest BCUT2D eigenvalue weighted by atomic mass is 31.2. The van der Waals surface area contributed by atoms with E-state index < -0.39 is 14.9 Å². The molecule has 2 aliphatic heterocycles. The second-order valence-corrected chi connectivity index (χ2v) is 23.3. The molecule has 6 nitrogen and oxygen atoms in total. The Bertz CT molecular complexity index is 3710. The molecule has 0 fully saturated rings. The Hall–Kier alpha value is -8.92. The summed E-state index contributed by atoms with van der Waals surface area (Å²) in [4.78, 5) is 0. The van der Waals surface area contributed by atoms with Gasteiger partial charge in [-0.15, -0.1) is 0 Å². The van der Waals surface area contributed by atoms with Crippen LogP contribution in [0, 0.1) is 0 Å². The number of anilines is 8. The Morgan fingerprint density at radius 1 is 0.203 bits per heavy atom. The van der Waals surface area contributed by atoms with E-state index in [4.69, 9.17) is 0 Å². The summed E-state index contributed by atoms with van der Waals surface area (Å²) in [6.07, 6.45) is 0. The highest BCUT2D eigenvalue weighted by Gasteiger charge is 2.50. The van der Waals surface area contributed by atoms with E-state index in [-0.39, 0.29) is 0 Å². The Kier molecular flexibility index (Phi) is 11.3. The molecule has 0 radical (unpaired) electrons. The van der Waals surface area contributed by atoms with Gasteiger partial charge in [-0.1, -0.05) is 170 Å². The van der Waals surface area contributed by atoms with E-state index in [1.807, 2.05) is 197 Å². The van der Waals surface area contributed by atoms with Gasteiger partial charge >= 0.3 is 14.9 Å². The third kappa shape index (κ3) is 7.58. The fourth-order valence-electron chi connectivity index (χ4n) is 10.7. The summed E-state index contributed by atoms with van der Waals surface area (Å²) in [6.45, 7) is 0. The molecule has 13 rings (SSSR count). The first-order valence-corrected chi connectivity index (χ1v) is 28.0. The van der Waals surface area contributed by atoms with Gasteiger partial charge in [0.25, 0.3) is 0 Å². The molecule has 0 aliphatic carbocycles. The molecule has 0 saturated carbocycles. The van der Waals surface area contributed by atoms with Gasteiger partial charge in [0.15, 0.2) is 0 Å². The molecule has 0 aromatic heterocycles. The van der Waals surface area contributed by atoms with Crippen molar-refractivity contribution in [3.05, 3.63) is 291 Å². The number of nitrogens with zero attached hydrogens (tertiary/aromatic N) is 4. The van der Waals surface area contributed by atoms with Crippen molar-refractivity contribution in [3.8, 4) is 44.5 Å². The normalized spacial score (nSPS) is 16.8. The molecule has 0 spiro atoms. The zero-order chi connectivity index (χ0) is 49.6. The second kappa shape index (κ2) is 18.6. The Balaban J connectivity index is 1.03. The smallest absolute Gasteiger partial charge is 0.270 e. The van der Waals surface area contributed by atoms with Crippen LogP contribution in [-0.2, 0) is 9.13 Å². The summed E-state index contributed by atoms with van der Waals surface area (Å²) >= 11 is 0. The van der Waals surface area contributed by atoms with E-state index >= 15 is 9.13 Å². The Morgan fingerprint density at radius 3 is 0.811 bits per heavy atom. The van der Waals surface area contributed by atoms with Crippen LogP contribution in [-0.4, -0.2) is 0 Å². The van der Waals surface area contributed by atoms with Gasteiger partial charge in [-0.3, -0.25) is 27.8 Å². The predicted octanol–water partition coefficient (Wildman–Crippen LogP) is 18.0. The topological polar surface area (TPSA) is 47.1 Å². The average molecular weight is 991 g/mol. The van der Waals surface area contributed by atoms with Crippen LogP contribution in [0.1, 0.15) is 0 Å². The van der Waals surface area contributed by atoms with Crippen molar-refractivity contribution < 1.29 is 9.13 Å². The van der Waals surface area contributed by atoms with Crippen LogP contribution in [0.5, 0.6) is 0 Å². The molecule has 2 aliphatic rings. The number of benzene rings is 11. The van der Waals surface area contributed by atoms with Gasteiger partial charge in [-0.05, 0) is 166 Å². The van der Waals surface area contributed by atoms with E-state index in [9.17, 15) is 0 Å². The molecule has 74 heavy (non-hydrogen) atoms.